The third-order valence-corrected chi connectivity index (χ3v) is 20.2. The summed E-state index contributed by atoms with van der Waals surface area (Å²) in [6, 6.07) is 5.98. The molecule has 2 rings (SSSR count). The number of anilines is 1. The Morgan fingerprint density at radius 1 is 0.885 bits per heavy atom. The third kappa shape index (κ3) is 13.1. The fourth-order valence-corrected chi connectivity index (χ4v) is 8.07. The third-order valence-electron chi connectivity index (χ3n) is 9.97. The lowest BCUT2D eigenvalue weighted by atomic mass is 9.97. The second kappa shape index (κ2) is 16.9. The number of esters is 1. The molecule has 13 heteroatoms. The minimum atomic E-state index is -3.65. The zero-order valence-corrected chi connectivity index (χ0v) is 37.7. The molecule has 0 amide bonds. The Bertz CT molecular complexity index is 1660. The number of hydrogen-bond donors (Lipinski definition) is 0. The van der Waals surface area contributed by atoms with Crippen LogP contribution in [0.4, 0.5) is 10.3 Å². The molecule has 0 N–H and O–H groups in total. The molecule has 2 unspecified atom stereocenters. The number of hydrogen-bond acceptors (Lipinski definition) is 8. The Balaban J connectivity index is 2.72. The van der Waals surface area contributed by atoms with E-state index in [-0.39, 0.29) is 46.3 Å². The standard InChI is InChI=1S/C39H66FN3O6SSi2/c1-27(2)34-32(35(28-21-23-29(40)24-22-28)42-36(41-34)43(12)50(13,45)46)20-18-19-30(48-51(14,15)38(6,7)8)25-31(26-33(44)47-37(3,4)5)49-52(16,17)39(9,10)11/h18,20-24,27,30-31H,19,25-26H2,1-17H3/b20-18+. The van der Waals surface area contributed by atoms with Gasteiger partial charge in [0.25, 0.3) is 0 Å². The summed E-state index contributed by atoms with van der Waals surface area (Å²) >= 11 is 0. The van der Waals surface area contributed by atoms with Crippen LogP contribution >= 0.6 is 0 Å². The SMILES string of the molecule is CC(C)c1nc(N(C)S(C)(=O)=O)nc(-c2ccc(F)cc2)c1/C=C/CC(CC(CC(=O)OC(C)(C)C)O[Si](C)(C)C(C)(C)C)O[Si](C)(C)C(C)(C)C. The van der Waals surface area contributed by atoms with Gasteiger partial charge in [-0.25, -0.2) is 27.1 Å². The molecule has 52 heavy (non-hydrogen) atoms. The summed E-state index contributed by atoms with van der Waals surface area (Å²) < 4.78 is 59.9. The fraction of sp³-hybridized carbons (Fsp3) is 0.667. The van der Waals surface area contributed by atoms with Gasteiger partial charge in [-0.2, -0.15) is 0 Å². The van der Waals surface area contributed by atoms with Crippen molar-refractivity contribution < 1.29 is 31.2 Å². The first-order valence-electron chi connectivity index (χ1n) is 18.2. The van der Waals surface area contributed by atoms with Crippen LogP contribution in [-0.2, 0) is 28.4 Å². The zero-order chi connectivity index (χ0) is 40.3. The van der Waals surface area contributed by atoms with E-state index in [1.54, 1.807) is 12.1 Å². The monoisotopic (exact) mass is 779 g/mol. The van der Waals surface area contributed by atoms with Gasteiger partial charge in [0, 0.05) is 18.2 Å². The van der Waals surface area contributed by atoms with E-state index in [9.17, 15) is 17.6 Å². The summed E-state index contributed by atoms with van der Waals surface area (Å²) in [6.45, 7) is 31.5. The number of nitrogens with zero attached hydrogens (tertiary/aromatic N) is 3. The van der Waals surface area contributed by atoms with Crippen LogP contribution in [0.1, 0.15) is 113 Å². The number of ether oxygens (including phenoxy) is 1. The molecule has 0 fully saturated rings. The maximum absolute atomic E-state index is 14.0. The van der Waals surface area contributed by atoms with Crippen molar-refractivity contribution in [1.82, 2.24) is 9.97 Å². The number of carbonyl (C=O) groups is 1. The van der Waals surface area contributed by atoms with E-state index in [0.717, 1.165) is 10.6 Å². The minimum Gasteiger partial charge on any atom is -0.460 e. The minimum absolute atomic E-state index is 0.0366. The van der Waals surface area contributed by atoms with E-state index < -0.39 is 38.4 Å². The molecule has 0 bridgehead atoms. The molecule has 9 nitrogen and oxygen atoms in total. The van der Waals surface area contributed by atoms with Crippen molar-refractivity contribution in [3.05, 3.63) is 47.4 Å². The van der Waals surface area contributed by atoms with Gasteiger partial charge in [0.15, 0.2) is 16.6 Å². The van der Waals surface area contributed by atoms with Gasteiger partial charge in [0.05, 0.1) is 36.3 Å². The zero-order valence-electron chi connectivity index (χ0n) is 34.9. The molecule has 294 valence electrons. The van der Waals surface area contributed by atoms with Crippen LogP contribution in [0.15, 0.2) is 30.3 Å². The molecule has 2 aromatic rings. The molecular weight excluding hydrogens is 714 g/mol. The summed E-state index contributed by atoms with van der Waals surface area (Å²) in [4.78, 5) is 22.7. The van der Waals surface area contributed by atoms with E-state index in [2.05, 4.69) is 67.7 Å². The predicted molar refractivity (Wildman–Crippen MR) is 218 cm³/mol. The molecule has 0 saturated heterocycles. The van der Waals surface area contributed by atoms with Crippen LogP contribution < -0.4 is 4.31 Å². The van der Waals surface area contributed by atoms with Gasteiger partial charge in [-0.05, 0) is 100 Å². The summed E-state index contributed by atoms with van der Waals surface area (Å²) in [5.74, 6) is -0.753. The van der Waals surface area contributed by atoms with Crippen molar-refractivity contribution in [2.45, 2.75) is 155 Å². The van der Waals surface area contributed by atoms with Gasteiger partial charge in [0.2, 0.25) is 16.0 Å². The Labute approximate surface area is 316 Å². The Kier molecular flexibility index (Phi) is 14.9. The quantitative estimate of drug-likeness (QED) is 0.130. The Morgan fingerprint density at radius 2 is 1.38 bits per heavy atom. The van der Waals surface area contributed by atoms with Crippen molar-refractivity contribution in [3.8, 4) is 11.3 Å². The average Bonchev–Trinajstić information content (AvgIpc) is 2.93. The van der Waals surface area contributed by atoms with Crippen LogP contribution in [0, 0.1) is 5.82 Å². The molecule has 0 spiro atoms. The molecule has 2 atom stereocenters. The van der Waals surface area contributed by atoms with Crippen molar-refractivity contribution in [2.24, 2.45) is 0 Å². The lowest BCUT2D eigenvalue weighted by Crippen LogP contribution is -2.47. The number of halogens is 1. The second-order valence-electron chi connectivity index (χ2n) is 18.2. The van der Waals surface area contributed by atoms with Gasteiger partial charge in [-0.3, -0.25) is 4.79 Å². The largest absolute Gasteiger partial charge is 0.460 e. The maximum Gasteiger partial charge on any atom is 0.308 e. The van der Waals surface area contributed by atoms with Crippen molar-refractivity contribution in [3.63, 3.8) is 0 Å². The van der Waals surface area contributed by atoms with E-state index >= 15 is 0 Å². The first kappa shape index (κ1) is 45.7. The molecule has 0 aliphatic rings. The molecule has 1 heterocycles. The smallest absolute Gasteiger partial charge is 0.308 e. The molecule has 0 saturated carbocycles. The predicted octanol–water partition coefficient (Wildman–Crippen LogP) is 10.1. The van der Waals surface area contributed by atoms with Gasteiger partial charge in [-0.1, -0.05) is 67.5 Å². The molecule has 0 aliphatic carbocycles. The molecule has 1 aromatic heterocycles. The van der Waals surface area contributed by atoms with Gasteiger partial charge in [0.1, 0.15) is 11.4 Å². The van der Waals surface area contributed by atoms with Crippen LogP contribution in [0.25, 0.3) is 17.3 Å². The van der Waals surface area contributed by atoms with E-state index in [4.69, 9.17) is 23.6 Å². The van der Waals surface area contributed by atoms with Crippen molar-refractivity contribution >= 4 is 44.7 Å². The summed E-state index contributed by atoms with van der Waals surface area (Å²) in [5, 5.41) is -0.137. The highest BCUT2D eigenvalue weighted by Crippen LogP contribution is 2.41. The Hall–Kier alpha value is -2.46. The number of rotatable bonds is 15. The van der Waals surface area contributed by atoms with Crippen LogP contribution in [0.3, 0.4) is 0 Å². The van der Waals surface area contributed by atoms with E-state index in [0.29, 0.717) is 35.4 Å². The fourth-order valence-electron chi connectivity index (χ4n) is 4.95. The lowest BCUT2D eigenvalue weighted by molar-refractivity contribution is -0.157. The van der Waals surface area contributed by atoms with E-state index in [1.807, 2.05) is 46.8 Å². The summed E-state index contributed by atoms with van der Waals surface area (Å²) in [5.41, 5.74) is 1.86. The maximum atomic E-state index is 14.0. The lowest BCUT2D eigenvalue weighted by Gasteiger charge is -2.42. The van der Waals surface area contributed by atoms with Crippen LogP contribution in [0.5, 0.6) is 0 Å². The number of carbonyl (C=O) groups excluding carboxylic acids is 1. The number of sulfonamides is 1. The highest BCUT2D eigenvalue weighted by molar-refractivity contribution is 7.92. The Morgan fingerprint density at radius 3 is 1.83 bits per heavy atom. The summed E-state index contributed by atoms with van der Waals surface area (Å²) in [7, 11) is -6.82. The van der Waals surface area contributed by atoms with Crippen molar-refractivity contribution in [1.29, 1.82) is 0 Å². The van der Waals surface area contributed by atoms with Crippen molar-refractivity contribution in [2.75, 3.05) is 17.6 Å². The number of aromatic nitrogens is 2. The molecular formula is C39H66FN3O6SSi2. The highest BCUT2D eigenvalue weighted by atomic mass is 32.2. The normalized spacial score (nSPS) is 14.9. The topological polar surface area (TPSA) is 108 Å². The average molecular weight is 780 g/mol. The van der Waals surface area contributed by atoms with Crippen LogP contribution in [-0.4, -0.2) is 72.1 Å². The highest BCUT2D eigenvalue weighted by Gasteiger charge is 2.42. The van der Waals surface area contributed by atoms with Gasteiger partial charge < -0.3 is 13.6 Å². The molecule has 0 aliphatic heterocycles. The van der Waals surface area contributed by atoms with Gasteiger partial charge >= 0.3 is 5.97 Å². The second-order valence-corrected chi connectivity index (χ2v) is 29.8. The molecule has 1 aromatic carbocycles. The first-order chi connectivity index (χ1) is 23.3. The van der Waals surface area contributed by atoms with Gasteiger partial charge in [-0.15, -0.1) is 0 Å². The number of benzene rings is 1. The van der Waals surface area contributed by atoms with E-state index in [1.165, 1.54) is 19.2 Å². The van der Waals surface area contributed by atoms with Crippen LogP contribution in [0.2, 0.25) is 36.3 Å². The summed E-state index contributed by atoms with van der Waals surface area (Å²) in [6.07, 6.45) is 5.48. The molecule has 0 radical (unpaired) electrons. The first-order valence-corrected chi connectivity index (χ1v) is 25.9.